The monoisotopic (exact) mass is 214 g/mol. The Morgan fingerprint density at radius 2 is 2.07 bits per heavy atom. The molecule has 0 heterocycles. The second-order valence-electron chi connectivity index (χ2n) is 3.23. The highest BCUT2D eigenvalue weighted by atomic mass is 16.5. The topological polar surface area (TPSA) is 52.6 Å². The van der Waals surface area contributed by atoms with Gasteiger partial charge in [-0.15, -0.1) is 6.58 Å². The van der Waals surface area contributed by atoms with E-state index in [0.29, 0.717) is 6.61 Å². The van der Waals surface area contributed by atoms with Crippen molar-refractivity contribution in [3.8, 4) is 0 Å². The van der Waals surface area contributed by atoms with Crippen LogP contribution >= 0.6 is 0 Å². The Morgan fingerprint density at radius 3 is 2.53 bits per heavy atom. The zero-order chi connectivity index (χ0) is 11.7. The third kappa shape index (κ3) is 6.71. The summed E-state index contributed by atoms with van der Waals surface area (Å²) in [5, 5.41) is 0. The van der Waals surface area contributed by atoms with Gasteiger partial charge in [0.15, 0.2) is 0 Å². The molecule has 0 aliphatic carbocycles. The average Bonchev–Trinajstić information content (AvgIpc) is 2.23. The highest BCUT2D eigenvalue weighted by molar-refractivity contribution is 5.91. The van der Waals surface area contributed by atoms with Crippen molar-refractivity contribution in [1.82, 2.24) is 0 Å². The Kier molecular flexibility index (Phi) is 7.32. The van der Waals surface area contributed by atoms with Crippen molar-refractivity contribution in [2.75, 3.05) is 13.7 Å². The minimum Gasteiger partial charge on any atom is -0.469 e. The van der Waals surface area contributed by atoms with Crippen molar-refractivity contribution in [3.05, 3.63) is 12.7 Å². The van der Waals surface area contributed by atoms with E-state index in [1.54, 1.807) is 6.08 Å². The van der Waals surface area contributed by atoms with Crippen LogP contribution in [0.25, 0.3) is 0 Å². The first-order chi connectivity index (χ1) is 7.13. The van der Waals surface area contributed by atoms with Gasteiger partial charge in [0, 0.05) is 0 Å². The van der Waals surface area contributed by atoms with Crippen LogP contribution in [0.2, 0.25) is 0 Å². The average molecular weight is 214 g/mol. The third-order valence-electron chi connectivity index (χ3n) is 2.07. The van der Waals surface area contributed by atoms with Gasteiger partial charge < -0.3 is 9.47 Å². The summed E-state index contributed by atoms with van der Waals surface area (Å²) in [6.45, 7) is 5.97. The van der Waals surface area contributed by atoms with Crippen LogP contribution in [0.15, 0.2) is 12.7 Å². The van der Waals surface area contributed by atoms with E-state index < -0.39 is 11.9 Å². The molecule has 0 saturated heterocycles. The van der Waals surface area contributed by atoms with Gasteiger partial charge in [-0.1, -0.05) is 13.0 Å². The van der Waals surface area contributed by atoms with Crippen molar-refractivity contribution in [2.45, 2.75) is 26.2 Å². The Balaban J connectivity index is 3.77. The maximum Gasteiger partial charge on any atom is 0.317 e. The van der Waals surface area contributed by atoms with Crippen LogP contribution in [0.1, 0.15) is 26.2 Å². The number of esters is 2. The molecular formula is C11H18O4. The van der Waals surface area contributed by atoms with E-state index in [9.17, 15) is 9.59 Å². The molecule has 4 nitrogen and oxygen atoms in total. The van der Waals surface area contributed by atoms with E-state index in [1.165, 1.54) is 7.11 Å². The molecule has 0 spiro atoms. The van der Waals surface area contributed by atoms with Crippen molar-refractivity contribution in [1.29, 1.82) is 0 Å². The lowest BCUT2D eigenvalue weighted by atomic mass is 10.0. The van der Waals surface area contributed by atoms with Crippen molar-refractivity contribution < 1.29 is 19.1 Å². The first-order valence-corrected chi connectivity index (χ1v) is 4.97. The molecule has 0 bridgehead atoms. The van der Waals surface area contributed by atoms with E-state index in [2.05, 4.69) is 11.3 Å². The number of carbonyl (C=O) groups is 2. The molecule has 0 fully saturated rings. The van der Waals surface area contributed by atoms with Crippen LogP contribution in [0, 0.1) is 5.92 Å². The molecule has 0 N–H and O–H groups in total. The lowest BCUT2D eigenvalue weighted by molar-refractivity contribution is -0.153. The highest BCUT2D eigenvalue weighted by Gasteiger charge is 2.12. The van der Waals surface area contributed by atoms with Gasteiger partial charge in [0.1, 0.15) is 6.42 Å². The summed E-state index contributed by atoms with van der Waals surface area (Å²) in [6.07, 6.45) is 3.20. The molecule has 1 atom stereocenters. The summed E-state index contributed by atoms with van der Waals surface area (Å²) in [6, 6.07) is 0. The zero-order valence-corrected chi connectivity index (χ0v) is 9.32. The Bertz CT molecular complexity index is 223. The standard InChI is InChI=1S/C11H18O4/c1-4-6-9(5-2)8-15-11(13)7-10(12)14-3/h4,9H,1,5-8H2,2-3H3. The summed E-state index contributed by atoms with van der Waals surface area (Å²) in [5.41, 5.74) is 0. The molecular weight excluding hydrogens is 196 g/mol. The van der Waals surface area contributed by atoms with E-state index in [0.717, 1.165) is 12.8 Å². The lowest BCUT2D eigenvalue weighted by Gasteiger charge is -2.12. The van der Waals surface area contributed by atoms with Crippen molar-refractivity contribution in [2.24, 2.45) is 5.92 Å². The fraction of sp³-hybridized carbons (Fsp3) is 0.636. The molecule has 4 heteroatoms. The molecule has 0 amide bonds. The van der Waals surface area contributed by atoms with Gasteiger partial charge in [-0.25, -0.2) is 0 Å². The van der Waals surface area contributed by atoms with Crippen molar-refractivity contribution in [3.63, 3.8) is 0 Å². The number of rotatable bonds is 7. The van der Waals surface area contributed by atoms with E-state index in [1.807, 2.05) is 6.92 Å². The quantitative estimate of drug-likeness (QED) is 0.367. The van der Waals surface area contributed by atoms with Crippen LogP contribution < -0.4 is 0 Å². The van der Waals surface area contributed by atoms with Crippen LogP contribution in [0.5, 0.6) is 0 Å². The Morgan fingerprint density at radius 1 is 1.40 bits per heavy atom. The largest absolute Gasteiger partial charge is 0.469 e. The minimum atomic E-state index is -0.572. The van der Waals surface area contributed by atoms with Crippen LogP contribution in [-0.2, 0) is 19.1 Å². The van der Waals surface area contributed by atoms with E-state index >= 15 is 0 Å². The minimum absolute atomic E-state index is 0.282. The van der Waals surface area contributed by atoms with Crippen molar-refractivity contribution >= 4 is 11.9 Å². The maximum absolute atomic E-state index is 11.1. The predicted molar refractivity (Wildman–Crippen MR) is 56.2 cm³/mol. The number of methoxy groups -OCH3 is 1. The summed E-state index contributed by atoms with van der Waals surface area (Å²) in [5.74, 6) is -0.828. The third-order valence-corrected chi connectivity index (χ3v) is 2.07. The van der Waals surface area contributed by atoms with Gasteiger partial charge in [-0.05, 0) is 18.8 Å². The molecule has 0 aliphatic heterocycles. The maximum atomic E-state index is 11.1. The Labute approximate surface area is 90.2 Å². The summed E-state index contributed by atoms with van der Waals surface area (Å²) in [7, 11) is 1.24. The summed E-state index contributed by atoms with van der Waals surface area (Å²) in [4.78, 5) is 21.8. The molecule has 0 aromatic heterocycles. The number of ether oxygens (including phenoxy) is 2. The SMILES string of the molecule is C=CCC(CC)COC(=O)CC(=O)OC. The van der Waals surface area contributed by atoms with Gasteiger partial charge in [0.2, 0.25) is 0 Å². The molecule has 0 aliphatic rings. The second-order valence-corrected chi connectivity index (χ2v) is 3.23. The highest BCUT2D eigenvalue weighted by Crippen LogP contribution is 2.09. The first kappa shape index (κ1) is 13.7. The number of hydrogen-bond acceptors (Lipinski definition) is 4. The normalized spacial score (nSPS) is 11.6. The molecule has 0 aromatic carbocycles. The predicted octanol–water partition coefficient (Wildman–Crippen LogP) is 1.70. The molecule has 0 saturated carbocycles. The van der Waals surface area contributed by atoms with E-state index in [-0.39, 0.29) is 12.3 Å². The first-order valence-electron chi connectivity index (χ1n) is 4.97. The summed E-state index contributed by atoms with van der Waals surface area (Å²) >= 11 is 0. The molecule has 1 unspecified atom stereocenters. The molecule has 0 rings (SSSR count). The lowest BCUT2D eigenvalue weighted by Crippen LogP contribution is -2.16. The number of hydrogen-bond donors (Lipinski definition) is 0. The van der Waals surface area contributed by atoms with Gasteiger partial charge in [0.25, 0.3) is 0 Å². The number of allylic oxidation sites excluding steroid dienone is 1. The molecule has 0 aromatic rings. The van der Waals surface area contributed by atoms with E-state index in [4.69, 9.17) is 4.74 Å². The molecule has 0 radical (unpaired) electrons. The van der Waals surface area contributed by atoms with Gasteiger partial charge in [-0.2, -0.15) is 0 Å². The fourth-order valence-corrected chi connectivity index (χ4v) is 1.04. The second kappa shape index (κ2) is 8.03. The molecule has 86 valence electrons. The van der Waals surface area contributed by atoms with Crippen LogP contribution in [0.4, 0.5) is 0 Å². The van der Waals surface area contributed by atoms with Gasteiger partial charge in [0.05, 0.1) is 13.7 Å². The zero-order valence-electron chi connectivity index (χ0n) is 9.32. The van der Waals surface area contributed by atoms with Gasteiger partial charge >= 0.3 is 11.9 Å². The summed E-state index contributed by atoms with van der Waals surface area (Å²) < 4.78 is 9.28. The fourth-order valence-electron chi connectivity index (χ4n) is 1.04. The van der Waals surface area contributed by atoms with Crippen LogP contribution in [0.3, 0.4) is 0 Å². The smallest absolute Gasteiger partial charge is 0.317 e. The molecule has 15 heavy (non-hydrogen) atoms. The Hall–Kier alpha value is -1.32. The van der Waals surface area contributed by atoms with Crippen LogP contribution in [-0.4, -0.2) is 25.7 Å². The van der Waals surface area contributed by atoms with Gasteiger partial charge in [-0.3, -0.25) is 9.59 Å². The number of carbonyl (C=O) groups excluding carboxylic acids is 2.